The van der Waals surface area contributed by atoms with Crippen molar-refractivity contribution in [3.63, 3.8) is 0 Å². The van der Waals surface area contributed by atoms with Crippen LogP contribution in [0, 0.1) is 111 Å². The number of aryl methyl sites for hydroxylation is 16. The van der Waals surface area contributed by atoms with E-state index in [-0.39, 0.29) is 60.1 Å². The molecule has 10 unspecified atom stereocenters. The van der Waals surface area contributed by atoms with Crippen molar-refractivity contribution in [2.45, 2.75) is 171 Å². The van der Waals surface area contributed by atoms with Gasteiger partial charge in [-0.05, 0) is 247 Å². The lowest BCUT2D eigenvalue weighted by Crippen LogP contribution is -2.16. The maximum Gasteiger partial charge on any atom is 0.135 e. The third kappa shape index (κ3) is 15.5. The van der Waals surface area contributed by atoms with Gasteiger partial charge in [-0.15, -0.1) is 0 Å². The molecular weight excluding hydrogens is 1450 g/mol. The Balaban J connectivity index is 0.000000127. The summed E-state index contributed by atoms with van der Waals surface area (Å²) in [4.78, 5) is 0. The first-order valence-electron chi connectivity index (χ1n) is 42.5. The minimum atomic E-state index is -0.186. The average molecular weight is 1560 g/mol. The minimum absolute atomic E-state index is 0.0320. The maximum absolute atomic E-state index is 7.20. The maximum atomic E-state index is 7.20. The van der Waals surface area contributed by atoms with Gasteiger partial charge >= 0.3 is 0 Å². The molecule has 0 spiro atoms. The van der Waals surface area contributed by atoms with Crippen LogP contribution >= 0.6 is 0 Å². The first-order chi connectivity index (χ1) is 57.4. The highest BCUT2D eigenvalue weighted by atomic mass is 16.5. The lowest BCUT2D eigenvalue weighted by Gasteiger charge is -2.26. The van der Waals surface area contributed by atoms with Gasteiger partial charge in [-0.2, -0.15) is 0 Å². The van der Waals surface area contributed by atoms with E-state index < -0.39 is 0 Å². The Morgan fingerprint density at radius 2 is 0.437 bits per heavy atom. The zero-order valence-corrected chi connectivity index (χ0v) is 71.5. The van der Waals surface area contributed by atoms with Crippen molar-refractivity contribution >= 4 is 24.3 Å². The summed E-state index contributed by atoms with van der Waals surface area (Å²) in [6.07, 6.45) is 8.25. The third-order valence-electron chi connectivity index (χ3n) is 25.2. The van der Waals surface area contributed by atoms with E-state index in [4.69, 9.17) is 23.7 Å². The van der Waals surface area contributed by atoms with E-state index >= 15 is 0 Å². The second-order valence-corrected chi connectivity index (χ2v) is 35.3. The Morgan fingerprint density at radius 3 is 0.807 bits per heavy atom. The molecule has 14 aromatic rings. The van der Waals surface area contributed by atoms with Crippen LogP contribution in [0.1, 0.15) is 255 Å². The number of hydrogen-bond donors (Lipinski definition) is 0. The quantitative estimate of drug-likeness (QED) is 0.121. The smallest absolute Gasteiger partial charge is 0.135 e. The van der Waals surface area contributed by atoms with Crippen molar-refractivity contribution < 1.29 is 23.7 Å². The molecule has 5 nitrogen and oxygen atoms in total. The van der Waals surface area contributed by atoms with Gasteiger partial charge in [0, 0.05) is 27.8 Å². The summed E-state index contributed by atoms with van der Waals surface area (Å²) in [7, 11) is 0. The molecule has 0 bridgehead atoms. The average Bonchev–Trinajstić information content (AvgIpc) is 1.53. The Hall–Kier alpha value is -12.4. The van der Waals surface area contributed by atoms with Crippen LogP contribution in [0.2, 0.25) is 0 Å². The Kier molecular flexibility index (Phi) is 20.8. The summed E-state index contributed by atoms with van der Waals surface area (Å²) in [6.45, 7) is 34.6. The largest absolute Gasteiger partial charge is 0.484 e. The highest BCUT2D eigenvalue weighted by Crippen LogP contribution is 2.66. The summed E-state index contributed by atoms with van der Waals surface area (Å²) in [5, 5.41) is 0. The van der Waals surface area contributed by atoms with E-state index in [1.807, 2.05) is 0 Å². The highest BCUT2D eigenvalue weighted by Gasteiger charge is 2.52. The molecule has 10 atom stereocenters. The molecule has 6 aliphatic rings. The van der Waals surface area contributed by atoms with Gasteiger partial charge in [0.15, 0.2) is 0 Å². The fraction of sp³-hybridized carbons (Fsp3) is 0.228. The molecule has 5 heterocycles. The van der Waals surface area contributed by atoms with Crippen molar-refractivity contribution in [3.05, 3.63) is 462 Å². The van der Waals surface area contributed by atoms with Gasteiger partial charge < -0.3 is 23.7 Å². The van der Waals surface area contributed by atoms with Crippen molar-refractivity contribution in [1.29, 1.82) is 0 Å². The van der Waals surface area contributed by atoms with Crippen molar-refractivity contribution in [1.82, 2.24) is 0 Å². The SMILES string of the molecule is Cc1ccc(/C=C/c2cc(C)cc3c2C(c2cc(C)cc(C)c2)C(c2ccc(C)cc2)O3)cc1.Cc1ccc(C2Oc3cc(C)cc4c3C2c2cc(C)cc3c2C(c2cc(C)cc5c2C4C(c2ccc(C)cc2)O5)C(c2ccc(C)cc2)O3)cc1.Cc1ccc(C2Oc3ccc(/C=C/c4cc(C)cc(C)c4)cc3C2c2cc(C)cc(C)c2)cc1. The summed E-state index contributed by atoms with van der Waals surface area (Å²) >= 11 is 0. The molecule has 14 aromatic carbocycles. The molecule has 5 heteroatoms. The molecule has 592 valence electrons. The van der Waals surface area contributed by atoms with Crippen LogP contribution in [0.4, 0.5) is 0 Å². The van der Waals surface area contributed by atoms with Gasteiger partial charge in [-0.25, -0.2) is 0 Å². The van der Waals surface area contributed by atoms with Gasteiger partial charge in [0.2, 0.25) is 0 Å². The van der Waals surface area contributed by atoms with Crippen LogP contribution in [0.3, 0.4) is 0 Å². The standard InChI is InChI=1S/C48H42O3.2C33H32O/c1-25-7-13-31(14-8-25)46-43-34-19-28(4)23-38-41(34)45(48(50-38)33-17-11-27(3)12-18-33)36-21-30(6)24-39-42(36)44(35-20-29(5)22-37(49-46)40(35)43)47(51-39)32-15-9-26(2)10-16-32;1-21-6-10-26(11-7-21)12-15-28-17-25(5)20-30-31(28)32(29-18-23(3)16-24(4)19-29)33(34-30)27-13-8-22(2)9-14-27;1-21-6-11-28(12-7-21)33-32(29-18-24(4)15-25(5)19-29)30-20-26(10-13-31(30)34-33)8-9-27-16-22(2)14-23(3)17-27/h7-24,43-48H,1-6H3;2*6-20,32-33H,1-5H3/b;15-12+;9-8+. The fourth-order valence-corrected chi connectivity index (χ4v) is 19.9. The van der Waals surface area contributed by atoms with E-state index in [0.717, 1.165) is 28.7 Å². The number of benzene rings is 14. The molecule has 0 amide bonds. The van der Waals surface area contributed by atoms with Crippen molar-refractivity contribution in [2.75, 3.05) is 0 Å². The van der Waals surface area contributed by atoms with Crippen LogP contribution in [0.15, 0.2) is 267 Å². The van der Waals surface area contributed by atoms with Crippen molar-refractivity contribution in [2.24, 2.45) is 0 Å². The molecule has 0 saturated carbocycles. The molecular formula is C114H106O5. The summed E-state index contributed by atoms with van der Waals surface area (Å²) in [6, 6.07) is 98.7. The Labute approximate surface area is 704 Å². The van der Waals surface area contributed by atoms with Crippen LogP contribution in [-0.2, 0) is 0 Å². The molecule has 0 N–H and O–H groups in total. The lowest BCUT2D eigenvalue weighted by atomic mass is 9.76. The van der Waals surface area contributed by atoms with Gasteiger partial charge in [-0.1, -0.05) is 322 Å². The molecule has 0 saturated heterocycles. The Morgan fingerprint density at radius 1 is 0.168 bits per heavy atom. The van der Waals surface area contributed by atoms with Gasteiger partial charge in [0.25, 0.3) is 0 Å². The molecule has 1 aliphatic carbocycles. The van der Waals surface area contributed by atoms with Gasteiger partial charge in [0.05, 0.1) is 29.6 Å². The minimum Gasteiger partial charge on any atom is -0.484 e. The van der Waals surface area contributed by atoms with Crippen LogP contribution in [-0.4, -0.2) is 0 Å². The summed E-state index contributed by atoms with van der Waals surface area (Å²) in [5.41, 5.74) is 43.9. The lowest BCUT2D eigenvalue weighted by molar-refractivity contribution is 0.220. The van der Waals surface area contributed by atoms with Crippen LogP contribution in [0.25, 0.3) is 24.3 Å². The van der Waals surface area contributed by atoms with Gasteiger partial charge in [0.1, 0.15) is 59.3 Å². The normalized spacial score (nSPS) is 19.7. The van der Waals surface area contributed by atoms with Crippen molar-refractivity contribution in [3.8, 4) is 28.7 Å². The topological polar surface area (TPSA) is 46.2 Å². The van der Waals surface area contributed by atoms with Crippen LogP contribution in [0.5, 0.6) is 28.7 Å². The number of hydrogen-bond acceptors (Lipinski definition) is 5. The zero-order chi connectivity index (χ0) is 82.3. The second kappa shape index (κ2) is 31.8. The van der Waals surface area contributed by atoms with E-state index in [2.05, 4.69) is 402 Å². The Bertz CT molecular complexity index is 5970. The predicted molar refractivity (Wildman–Crippen MR) is 490 cm³/mol. The molecule has 0 radical (unpaired) electrons. The third-order valence-corrected chi connectivity index (χ3v) is 25.2. The zero-order valence-electron chi connectivity index (χ0n) is 71.5. The van der Waals surface area contributed by atoms with E-state index in [0.29, 0.717) is 0 Å². The summed E-state index contributed by atoms with van der Waals surface area (Å²) in [5.74, 6) is 5.11. The number of rotatable bonds is 11. The van der Waals surface area contributed by atoms with E-state index in [9.17, 15) is 0 Å². The van der Waals surface area contributed by atoms with Gasteiger partial charge in [-0.3, -0.25) is 0 Å². The predicted octanol–water partition coefficient (Wildman–Crippen LogP) is 29.0. The molecule has 5 aliphatic heterocycles. The molecule has 20 rings (SSSR count). The molecule has 0 aromatic heterocycles. The first kappa shape index (κ1) is 77.8. The number of fused-ring (bicyclic) bond motifs is 5. The van der Waals surface area contributed by atoms with Crippen LogP contribution < -0.4 is 23.7 Å². The summed E-state index contributed by atoms with van der Waals surface area (Å²) < 4.78 is 34.9. The first-order valence-corrected chi connectivity index (χ1v) is 42.5. The molecule has 119 heavy (non-hydrogen) atoms. The van der Waals surface area contributed by atoms with E-state index in [1.54, 1.807) is 0 Å². The monoisotopic (exact) mass is 1550 g/mol. The second-order valence-electron chi connectivity index (χ2n) is 35.3. The number of ether oxygens (including phenoxy) is 5. The highest BCUT2D eigenvalue weighted by molar-refractivity contribution is 5.76. The van der Waals surface area contributed by atoms with E-state index in [1.165, 1.54) is 195 Å². The fourth-order valence-electron chi connectivity index (χ4n) is 19.9. The molecule has 0 fully saturated rings.